The van der Waals surface area contributed by atoms with Gasteiger partial charge in [0.1, 0.15) is 11.6 Å². The molecule has 2 aliphatic rings. The lowest BCUT2D eigenvalue weighted by Crippen LogP contribution is -2.52. The molecule has 6 rings (SSSR count). The van der Waals surface area contributed by atoms with Gasteiger partial charge in [-0.15, -0.1) is 0 Å². The number of benzene rings is 3. The van der Waals surface area contributed by atoms with E-state index in [2.05, 4.69) is 44.5 Å². The molecule has 0 atom stereocenters. The number of fused-ring (bicyclic) bond motifs is 1. The first-order valence-electron chi connectivity index (χ1n) is 14.7. The molecule has 2 fully saturated rings. The van der Waals surface area contributed by atoms with Crippen LogP contribution in [0.2, 0.25) is 0 Å². The summed E-state index contributed by atoms with van der Waals surface area (Å²) in [6.07, 6.45) is 3.53. The van der Waals surface area contributed by atoms with Gasteiger partial charge in [0.05, 0.1) is 23.2 Å². The SMILES string of the molecule is COc1cc(N2CCC(N3CCN(C)CC3)CC2)ccc1Nc1nc(Nc2cccc(S(C)(=O)=O)c2)c2ccccc2n1. The van der Waals surface area contributed by atoms with Gasteiger partial charge in [-0.2, -0.15) is 4.98 Å². The van der Waals surface area contributed by atoms with Crippen molar-refractivity contribution in [3.63, 3.8) is 0 Å². The Morgan fingerprint density at radius 2 is 1.63 bits per heavy atom. The number of piperazine rings is 1. The van der Waals surface area contributed by atoms with E-state index >= 15 is 0 Å². The molecule has 2 saturated heterocycles. The molecule has 3 aromatic carbocycles. The highest BCUT2D eigenvalue weighted by molar-refractivity contribution is 7.90. The molecule has 226 valence electrons. The molecule has 0 unspecified atom stereocenters. The van der Waals surface area contributed by atoms with Gasteiger partial charge in [-0.05, 0) is 62.4 Å². The molecule has 10 nitrogen and oxygen atoms in total. The third kappa shape index (κ3) is 6.69. The maximum absolute atomic E-state index is 12.1. The molecular weight excluding hydrogens is 562 g/mol. The van der Waals surface area contributed by atoms with Crippen LogP contribution in [0.1, 0.15) is 12.8 Å². The summed E-state index contributed by atoms with van der Waals surface area (Å²) in [5.74, 6) is 1.68. The number of nitrogens with one attached hydrogen (secondary N) is 2. The predicted octanol–water partition coefficient (Wildman–Crippen LogP) is 4.75. The van der Waals surface area contributed by atoms with Crippen molar-refractivity contribution in [3.05, 3.63) is 66.7 Å². The Balaban J connectivity index is 1.20. The van der Waals surface area contributed by atoms with Crippen molar-refractivity contribution < 1.29 is 13.2 Å². The average molecular weight is 602 g/mol. The molecule has 2 aliphatic heterocycles. The van der Waals surface area contributed by atoms with Crippen LogP contribution in [0.15, 0.2) is 71.6 Å². The zero-order valence-electron chi connectivity index (χ0n) is 25.0. The quantitative estimate of drug-likeness (QED) is 0.294. The van der Waals surface area contributed by atoms with Crippen LogP contribution in [0.25, 0.3) is 10.9 Å². The Hall–Kier alpha value is -3.93. The van der Waals surface area contributed by atoms with Crippen molar-refractivity contribution in [2.75, 3.05) is 75.2 Å². The lowest BCUT2D eigenvalue weighted by Gasteiger charge is -2.42. The van der Waals surface area contributed by atoms with Gasteiger partial charge in [-0.25, -0.2) is 13.4 Å². The van der Waals surface area contributed by atoms with Crippen LogP contribution in [-0.4, -0.2) is 93.9 Å². The fourth-order valence-electron chi connectivity index (χ4n) is 5.95. The highest BCUT2D eigenvalue weighted by atomic mass is 32.2. The second-order valence-electron chi connectivity index (χ2n) is 11.4. The van der Waals surface area contributed by atoms with Crippen LogP contribution in [0.3, 0.4) is 0 Å². The minimum absolute atomic E-state index is 0.239. The second-order valence-corrected chi connectivity index (χ2v) is 13.4. The van der Waals surface area contributed by atoms with Crippen molar-refractivity contribution >= 4 is 49.6 Å². The normalized spacial score (nSPS) is 17.2. The van der Waals surface area contributed by atoms with E-state index in [1.807, 2.05) is 36.4 Å². The number of likely N-dealkylation sites (N-methyl/N-ethyl adjacent to an activating group) is 1. The van der Waals surface area contributed by atoms with E-state index < -0.39 is 9.84 Å². The third-order valence-corrected chi connectivity index (χ3v) is 9.55. The van der Waals surface area contributed by atoms with Gasteiger partial charge in [0, 0.05) is 74.4 Å². The predicted molar refractivity (Wildman–Crippen MR) is 173 cm³/mol. The summed E-state index contributed by atoms with van der Waals surface area (Å²) >= 11 is 0. The number of para-hydroxylation sites is 1. The number of nitrogens with zero attached hydrogens (tertiary/aromatic N) is 5. The average Bonchev–Trinajstić information content (AvgIpc) is 3.01. The molecule has 0 saturated carbocycles. The van der Waals surface area contributed by atoms with Crippen molar-refractivity contribution in [3.8, 4) is 5.75 Å². The minimum atomic E-state index is -3.34. The number of sulfone groups is 1. The molecule has 11 heteroatoms. The van der Waals surface area contributed by atoms with Gasteiger partial charge in [0.15, 0.2) is 9.84 Å². The largest absolute Gasteiger partial charge is 0.494 e. The van der Waals surface area contributed by atoms with Crippen LogP contribution >= 0.6 is 0 Å². The minimum Gasteiger partial charge on any atom is -0.494 e. The summed E-state index contributed by atoms with van der Waals surface area (Å²) in [5, 5.41) is 7.46. The monoisotopic (exact) mass is 601 g/mol. The van der Waals surface area contributed by atoms with Crippen LogP contribution in [0.5, 0.6) is 5.75 Å². The summed E-state index contributed by atoms with van der Waals surface area (Å²) in [6.45, 7) is 6.68. The van der Waals surface area contributed by atoms with Gasteiger partial charge in [-0.3, -0.25) is 4.90 Å². The Morgan fingerprint density at radius 3 is 2.37 bits per heavy atom. The molecule has 0 amide bonds. The number of ether oxygens (including phenoxy) is 1. The maximum Gasteiger partial charge on any atom is 0.229 e. The van der Waals surface area contributed by atoms with Gasteiger partial charge in [-0.1, -0.05) is 18.2 Å². The first kappa shape index (κ1) is 29.2. The zero-order valence-corrected chi connectivity index (χ0v) is 25.8. The molecule has 0 radical (unpaired) electrons. The Bertz CT molecular complexity index is 1700. The smallest absolute Gasteiger partial charge is 0.229 e. The van der Waals surface area contributed by atoms with E-state index in [0.29, 0.717) is 29.2 Å². The molecule has 4 aromatic rings. The highest BCUT2D eigenvalue weighted by Gasteiger charge is 2.27. The summed E-state index contributed by atoms with van der Waals surface area (Å²) < 4.78 is 30.0. The van der Waals surface area contributed by atoms with Crippen molar-refractivity contribution in [2.45, 2.75) is 23.8 Å². The van der Waals surface area contributed by atoms with E-state index in [-0.39, 0.29) is 4.90 Å². The summed E-state index contributed by atoms with van der Waals surface area (Å²) in [7, 11) is 0.534. The lowest BCUT2D eigenvalue weighted by molar-refractivity contribution is 0.0982. The Morgan fingerprint density at radius 1 is 0.860 bits per heavy atom. The summed E-state index contributed by atoms with van der Waals surface area (Å²) in [6, 6.07) is 21.3. The number of rotatable bonds is 8. The van der Waals surface area contributed by atoms with Crippen molar-refractivity contribution in [1.29, 1.82) is 0 Å². The fraction of sp³-hybridized carbons (Fsp3) is 0.375. The zero-order chi connectivity index (χ0) is 30.0. The van der Waals surface area contributed by atoms with E-state index in [1.165, 1.54) is 19.1 Å². The maximum atomic E-state index is 12.1. The molecule has 43 heavy (non-hydrogen) atoms. The van der Waals surface area contributed by atoms with Crippen LogP contribution in [0, 0.1) is 0 Å². The number of piperidine rings is 1. The summed E-state index contributed by atoms with van der Waals surface area (Å²) in [4.78, 5) is 17.3. The van der Waals surface area contributed by atoms with Crippen molar-refractivity contribution in [1.82, 2.24) is 19.8 Å². The molecule has 0 spiro atoms. The first-order chi connectivity index (χ1) is 20.8. The van der Waals surface area contributed by atoms with E-state index in [9.17, 15) is 8.42 Å². The number of anilines is 5. The number of methoxy groups -OCH3 is 1. The number of hydrogen-bond acceptors (Lipinski definition) is 10. The second kappa shape index (κ2) is 12.4. The number of hydrogen-bond donors (Lipinski definition) is 2. The van der Waals surface area contributed by atoms with Gasteiger partial charge in [0.2, 0.25) is 5.95 Å². The van der Waals surface area contributed by atoms with E-state index in [1.54, 1.807) is 25.3 Å². The molecule has 1 aromatic heterocycles. The van der Waals surface area contributed by atoms with Gasteiger partial charge < -0.3 is 25.2 Å². The molecule has 0 bridgehead atoms. The van der Waals surface area contributed by atoms with Crippen molar-refractivity contribution in [2.24, 2.45) is 0 Å². The van der Waals surface area contributed by atoms with E-state index in [4.69, 9.17) is 14.7 Å². The van der Waals surface area contributed by atoms with Gasteiger partial charge >= 0.3 is 0 Å². The Labute approximate surface area is 253 Å². The third-order valence-electron chi connectivity index (χ3n) is 8.44. The molecule has 2 N–H and O–H groups in total. The standard InChI is InChI=1S/C32H39N7O3S/c1-37-17-19-39(20-18-37)24-13-15-38(16-14-24)25-11-12-29(30(22-25)42-2)35-32-34-28-10-5-4-9-27(28)31(36-32)33-23-7-6-8-26(21-23)43(3,40)41/h4-12,21-22,24H,13-20H2,1-3H3,(H2,33,34,35,36). The molecular formula is C32H39N7O3S. The van der Waals surface area contributed by atoms with E-state index in [0.717, 1.165) is 61.5 Å². The molecule has 3 heterocycles. The fourth-order valence-corrected chi connectivity index (χ4v) is 6.61. The number of aromatic nitrogens is 2. The lowest BCUT2D eigenvalue weighted by atomic mass is 10.0. The van der Waals surface area contributed by atoms with Gasteiger partial charge in [0.25, 0.3) is 0 Å². The van der Waals surface area contributed by atoms with Crippen LogP contribution in [-0.2, 0) is 9.84 Å². The Kier molecular flexibility index (Phi) is 8.38. The highest BCUT2D eigenvalue weighted by Crippen LogP contribution is 2.34. The molecule has 0 aliphatic carbocycles. The van der Waals surface area contributed by atoms with Crippen LogP contribution < -0.4 is 20.3 Å². The van der Waals surface area contributed by atoms with Crippen LogP contribution in [0.4, 0.5) is 28.8 Å². The summed E-state index contributed by atoms with van der Waals surface area (Å²) in [5.41, 5.74) is 3.28. The topological polar surface area (TPSA) is 103 Å². The first-order valence-corrected chi connectivity index (χ1v) is 16.6.